The van der Waals surface area contributed by atoms with Crippen LogP contribution in [-0.2, 0) is 10.0 Å². The molecule has 5 aromatic rings. The summed E-state index contributed by atoms with van der Waals surface area (Å²) in [6, 6.07) is 20.5. The molecule has 0 fully saturated rings. The van der Waals surface area contributed by atoms with E-state index in [1.54, 1.807) is 42.5 Å². The zero-order valence-corrected chi connectivity index (χ0v) is 18.2. The first kappa shape index (κ1) is 20.7. The van der Waals surface area contributed by atoms with Crippen molar-refractivity contribution < 1.29 is 23.1 Å². The van der Waals surface area contributed by atoms with Gasteiger partial charge in [0.05, 0.1) is 16.6 Å². The van der Waals surface area contributed by atoms with Crippen LogP contribution >= 0.6 is 0 Å². The molecular formula is C24H17N3O5S. The monoisotopic (exact) mass is 459 g/mol. The molecule has 1 N–H and O–H groups in total. The van der Waals surface area contributed by atoms with E-state index in [0.717, 1.165) is 9.54 Å². The van der Waals surface area contributed by atoms with E-state index >= 15 is 0 Å². The van der Waals surface area contributed by atoms with Crippen LogP contribution in [0.15, 0.2) is 83.9 Å². The zero-order chi connectivity index (χ0) is 23.2. The van der Waals surface area contributed by atoms with E-state index in [-0.39, 0.29) is 15.9 Å². The van der Waals surface area contributed by atoms with Crippen molar-refractivity contribution in [3.8, 4) is 11.5 Å². The van der Waals surface area contributed by atoms with Crippen molar-refractivity contribution in [2.45, 2.75) is 11.8 Å². The summed E-state index contributed by atoms with van der Waals surface area (Å²) < 4.78 is 34.2. The first-order valence-corrected chi connectivity index (χ1v) is 11.4. The smallest absolute Gasteiger partial charge is 0.373 e. The number of benzene rings is 3. The van der Waals surface area contributed by atoms with Crippen molar-refractivity contribution in [2.24, 2.45) is 0 Å². The predicted molar refractivity (Wildman–Crippen MR) is 122 cm³/mol. The number of fused-ring (bicyclic) bond motifs is 3. The van der Waals surface area contributed by atoms with Gasteiger partial charge in [-0.25, -0.2) is 27.2 Å². The third-order valence-electron chi connectivity index (χ3n) is 5.16. The molecule has 0 saturated carbocycles. The molecule has 0 aliphatic carbocycles. The Labute approximate surface area is 188 Å². The Kier molecular flexibility index (Phi) is 4.83. The van der Waals surface area contributed by atoms with Crippen molar-refractivity contribution in [1.29, 1.82) is 0 Å². The normalized spacial score (nSPS) is 11.7. The molecule has 5 rings (SSSR count). The fourth-order valence-corrected chi connectivity index (χ4v) is 5.10. The summed E-state index contributed by atoms with van der Waals surface area (Å²) in [4.78, 5) is 19.6. The number of aromatic nitrogens is 3. The second-order valence-corrected chi connectivity index (χ2v) is 9.20. The summed E-state index contributed by atoms with van der Waals surface area (Å²) in [5.74, 6) is -0.677. The number of para-hydroxylation sites is 1. The Morgan fingerprint density at radius 3 is 2.36 bits per heavy atom. The minimum Gasteiger partial charge on any atom is -0.475 e. The third kappa shape index (κ3) is 3.58. The first-order chi connectivity index (χ1) is 15.8. The molecule has 3 aromatic carbocycles. The van der Waals surface area contributed by atoms with Gasteiger partial charge >= 0.3 is 5.97 Å². The molecule has 0 bridgehead atoms. The van der Waals surface area contributed by atoms with E-state index < -0.39 is 21.8 Å². The van der Waals surface area contributed by atoms with Gasteiger partial charge < -0.3 is 9.84 Å². The maximum Gasteiger partial charge on any atom is 0.373 e. The van der Waals surface area contributed by atoms with Gasteiger partial charge in [-0.15, -0.1) is 0 Å². The lowest BCUT2D eigenvalue weighted by Crippen LogP contribution is -2.13. The molecule has 0 unspecified atom stereocenters. The third-order valence-corrected chi connectivity index (χ3v) is 6.90. The van der Waals surface area contributed by atoms with E-state index in [2.05, 4.69) is 9.97 Å². The van der Waals surface area contributed by atoms with Gasteiger partial charge in [0.25, 0.3) is 10.0 Å². The number of aryl methyl sites for hydroxylation is 1. The van der Waals surface area contributed by atoms with E-state index in [9.17, 15) is 18.3 Å². The summed E-state index contributed by atoms with van der Waals surface area (Å²) in [5, 5.41) is 9.79. The molecule has 0 atom stereocenters. The first-order valence-electron chi connectivity index (χ1n) is 9.94. The Morgan fingerprint density at radius 1 is 0.939 bits per heavy atom. The molecule has 2 heterocycles. The standard InChI is InChI=1S/C24H17N3O5S/c1-15-7-10-18(11-8-15)33(30,31)27-20-12-9-17(32-16-5-3-2-4-6-16)13-19(20)22-21(27)14-25-23(26-22)24(28)29/h2-14H,1H3,(H,28,29). The number of carbonyl (C=O) groups is 1. The molecule has 0 spiro atoms. The number of hydrogen-bond donors (Lipinski definition) is 1. The minimum absolute atomic E-state index is 0.0961. The Hall–Kier alpha value is -4.24. The van der Waals surface area contributed by atoms with Crippen molar-refractivity contribution >= 4 is 37.9 Å². The molecule has 2 aromatic heterocycles. The topological polar surface area (TPSA) is 111 Å². The van der Waals surface area contributed by atoms with Crippen LogP contribution in [0, 0.1) is 6.92 Å². The van der Waals surface area contributed by atoms with Crippen LogP contribution in [0.2, 0.25) is 0 Å². The SMILES string of the molecule is Cc1ccc(S(=O)(=O)n2c3ccc(Oc4ccccc4)cc3c3nc(C(=O)O)ncc32)cc1. The lowest BCUT2D eigenvalue weighted by atomic mass is 10.2. The fourth-order valence-electron chi connectivity index (χ4n) is 3.60. The second kappa shape index (κ2) is 7.72. The van der Waals surface area contributed by atoms with Crippen molar-refractivity contribution in [3.05, 3.63) is 90.4 Å². The van der Waals surface area contributed by atoms with Crippen LogP contribution in [0.5, 0.6) is 11.5 Å². The fraction of sp³-hybridized carbons (Fsp3) is 0.0417. The number of ether oxygens (including phenoxy) is 1. The Morgan fingerprint density at radius 2 is 1.67 bits per heavy atom. The summed E-state index contributed by atoms with van der Waals surface area (Å²) in [6.45, 7) is 1.87. The molecule has 0 amide bonds. The highest BCUT2D eigenvalue weighted by Crippen LogP contribution is 2.34. The summed E-state index contributed by atoms with van der Waals surface area (Å²) in [6.07, 6.45) is 1.22. The van der Waals surface area contributed by atoms with Crippen molar-refractivity contribution in [3.63, 3.8) is 0 Å². The average molecular weight is 459 g/mol. The number of carboxylic acids is 1. The molecule has 0 aliphatic rings. The maximum absolute atomic E-state index is 13.6. The molecule has 9 heteroatoms. The number of nitrogens with zero attached hydrogens (tertiary/aromatic N) is 3. The predicted octanol–water partition coefficient (Wildman–Crippen LogP) is 4.62. The molecule has 8 nitrogen and oxygen atoms in total. The van der Waals surface area contributed by atoms with Gasteiger partial charge in [0.15, 0.2) is 0 Å². The van der Waals surface area contributed by atoms with Gasteiger partial charge in [-0.2, -0.15) is 0 Å². The quantitative estimate of drug-likeness (QED) is 0.408. The largest absolute Gasteiger partial charge is 0.475 e. The van der Waals surface area contributed by atoms with Crippen molar-refractivity contribution in [1.82, 2.24) is 13.9 Å². The molecule has 0 aliphatic heterocycles. The zero-order valence-electron chi connectivity index (χ0n) is 17.3. The number of rotatable bonds is 5. The van der Waals surface area contributed by atoms with E-state index in [4.69, 9.17) is 4.74 Å². The highest BCUT2D eigenvalue weighted by atomic mass is 32.2. The molecule has 33 heavy (non-hydrogen) atoms. The van der Waals surface area contributed by atoms with Gasteiger partial charge in [-0.05, 0) is 49.4 Å². The van der Waals surface area contributed by atoms with Crippen LogP contribution in [0.4, 0.5) is 0 Å². The van der Waals surface area contributed by atoms with Crippen LogP contribution in [0.3, 0.4) is 0 Å². The summed E-state index contributed by atoms with van der Waals surface area (Å²) >= 11 is 0. The summed E-state index contributed by atoms with van der Waals surface area (Å²) in [5.41, 5.74) is 1.63. The molecule has 0 radical (unpaired) electrons. The lowest BCUT2D eigenvalue weighted by Gasteiger charge is -2.10. The minimum atomic E-state index is -4.02. The van der Waals surface area contributed by atoms with Gasteiger partial charge in [0.2, 0.25) is 5.82 Å². The number of hydrogen-bond acceptors (Lipinski definition) is 6. The van der Waals surface area contributed by atoms with Gasteiger partial charge in [0.1, 0.15) is 22.5 Å². The summed E-state index contributed by atoms with van der Waals surface area (Å²) in [7, 11) is -4.02. The van der Waals surface area contributed by atoms with Crippen LogP contribution in [0.25, 0.3) is 21.9 Å². The second-order valence-electron chi connectivity index (χ2n) is 7.41. The number of carboxylic acid groups (broad SMARTS) is 1. The number of aromatic carboxylic acids is 1. The lowest BCUT2D eigenvalue weighted by molar-refractivity contribution is 0.0684. The van der Waals surface area contributed by atoms with Gasteiger partial charge in [-0.1, -0.05) is 35.9 Å². The maximum atomic E-state index is 13.6. The van der Waals surface area contributed by atoms with Crippen LogP contribution in [-0.4, -0.2) is 33.4 Å². The highest BCUT2D eigenvalue weighted by molar-refractivity contribution is 7.90. The molecule has 0 saturated heterocycles. The van der Waals surface area contributed by atoms with Gasteiger partial charge in [-0.3, -0.25) is 0 Å². The molecular weight excluding hydrogens is 442 g/mol. The average Bonchev–Trinajstić information content (AvgIpc) is 3.14. The van der Waals surface area contributed by atoms with Crippen LogP contribution in [0.1, 0.15) is 16.2 Å². The van der Waals surface area contributed by atoms with E-state index in [1.165, 1.54) is 18.3 Å². The Bertz CT molecular complexity index is 1630. The Balaban J connectivity index is 1.78. The highest BCUT2D eigenvalue weighted by Gasteiger charge is 2.25. The van der Waals surface area contributed by atoms with Gasteiger partial charge in [0, 0.05) is 5.39 Å². The van der Waals surface area contributed by atoms with E-state index in [0.29, 0.717) is 22.4 Å². The molecule has 164 valence electrons. The van der Waals surface area contributed by atoms with E-state index in [1.807, 2.05) is 25.1 Å². The van der Waals surface area contributed by atoms with Crippen molar-refractivity contribution in [2.75, 3.05) is 0 Å². The van der Waals surface area contributed by atoms with Crippen LogP contribution < -0.4 is 4.74 Å².